The van der Waals surface area contributed by atoms with Gasteiger partial charge in [0.2, 0.25) is 0 Å². The molecule has 2 aromatic rings. The van der Waals surface area contributed by atoms with Gasteiger partial charge in [0, 0.05) is 0 Å². The van der Waals surface area contributed by atoms with Crippen LogP contribution in [0.5, 0.6) is 11.5 Å². The Morgan fingerprint density at radius 3 is 2.23 bits per heavy atom. The van der Waals surface area contributed by atoms with Gasteiger partial charge in [-0.3, -0.25) is 4.79 Å². The van der Waals surface area contributed by atoms with Gasteiger partial charge in [-0.1, -0.05) is 18.2 Å². The predicted molar refractivity (Wildman–Crippen MR) is 94.2 cm³/mol. The molecule has 0 radical (unpaired) electrons. The average Bonchev–Trinajstić information content (AvgIpc) is 2.67. The molecule has 26 heavy (non-hydrogen) atoms. The van der Waals surface area contributed by atoms with Crippen molar-refractivity contribution in [3.8, 4) is 17.6 Å². The maximum absolute atomic E-state index is 12.5. The Bertz CT molecular complexity index is 835. The van der Waals surface area contributed by atoms with Gasteiger partial charge in [0.15, 0.2) is 6.10 Å². The van der Waals surface area contributed by atoms with E-state index in [1.54, 1.807) is 42.5 Å². The largest absolute Gasteiger partial charge is 0.496 e. The summed E-state index contributed by atoms with van der Waals surface area (Å²) in [6, 6.07) is 13.4. The molecule has 0 spiro atoms. The molecule has 0 unspecified atom stereocenters. The summed E-state index contributed by atoms with van der Waals surface area (Å²) in [6.45, 7) is 1.43. The molecular formula is C19H18N2O5. The molecule has 7 heteroatoms. The molecule has 0 bridgehead atoms. The average molecular weight is 354 g/mol. The van der Waals surface area contributed by atoms with Crippen molar-refractivity contribution in [3.05, 3.63) is 53.6 Å². The van der Waals surface area contributed by atoms with Crippen LogP contribution in [0.4, 0.5) is 5.69 Å². The molecule has 134 valence electrons. The number of carbonyl (C=O) groups excluding carboxylic acids is 2. The summed E-state index contributed by atoms with van der Waals surface area (Å²) in [5.74, 6) is -0.765. The Morgan fingerprint density at radius 2 is 1.65 bits per heavy atom. The SMILES string of the molecule is COc1cccc(OC)c1C(=O)O[C@H](C)C(=O)Nc1ccccc1C#N. The van der Waals surface area contributed by atoms with E-state index in [4.69, 9.17) is 19.5 Å². The Morgan fingerprint density at radius 1 is 1.04 bits per heavy atom. The van der Waals surface area contributed by atoms with Crippen LogP contribution in [0.1, 0.15) is 22.8 Å². The molecule has 0 saturated carbocycles. The maximum Gasteiger partial charge on any atom is 0.346 e. The number of amides is 1. The lowest BCUT2D eigenvalue weighted by molar-refractivity contribution is -0.123. The van der Waals surface area contributed by atoms with E-state index in [-0.39, 0.29) is 17.1 Å². The van der Waals surface area contributed by atoms with E-state index in [0.29, 0.717) is 11.3 Å². The Hall–Kier alpha value is -3.53. The van der Waals surface area contributed by atoms with Crippen LogP contribution in [0.3, 0.4) is 0 Å². The molecule has 0 fully saturated rings. The summed E-state index contributed by atoms with van der Waals surface area (Å²) in [4.78, 5) is 24.8. The summed E-state index contributed by atoms with van der Waals surface area (Å²) in [5, 5.41) is 11.6. The predicted octanol–water partition coefficient (Wildman–Crippen LogP) is 2.76. The van der Waals surface area contributed by atoms with E-state index in [1.807, 2.05) is 6.07 Å². The maximum atomic E-state index is 12.5. The second-order valence-electron chi connectivity index (χ2n) is 5.23. The molecule has 1 atom stereocenters. The monoisotopic (exact) mass is 354 g/mol. The molecule has 0 aliphatic rings. The number of methoxy groups -OCH3 is 2. The van der Waals surface area contributed by atoms with E-state index >= 15 is 0 Å². The molecule has 0 aliphatic heterocycles. The number of hydrogen-bond donors (Lipinski definition) is 1. The molecule has 0 saturated heterocycles. The lowest BCUT2D eigenvalue weighted by atomic mass is 10.1. The fourth-order valence-electron chi connectivity index (χ4n) is 2.25. The highest BCUT2D eigenvalue weighted by Crippen LogP contribution is 2.29. The lowest BCUT2D eigenvalue weighted by Crippen LogP contribution is -2.30. The van der Waals surface area contributed by atoms with E-state index < -0.39 is 18.0 Å². The van der Waals surface area contributed by atoms with Gasteiger partial charge >= 0.3 is 5.97 Å². The highest BCUT2D eigenvalue weighted by molar-refractivity contribution is 6.00. The topological polar surface area (TPSA) is 97.7 Å². The van der Waals surface area contributed by atoms with Gasteiger partial charge in [-0.2, -0.15) is 5.26 Å². The first-order valence-corrected chi connectivity index (χ1v) is 7.73. The number of nitrogens with one attached hydrogen (secondary N) is 1. The van der Waals surface area contributed by atoms with Crippen LogP contribution in [0.25, 0.3) is 0 Å². The fraction of sp³-hybridized carbons (Fsp3) is 0.211. The smallest absolute Gasteiger partial charge is 0.346 e. The summed E-state index contributed by atoms with van der Waals surface area (Å²) in [5.41, 5.74) is 0.748. The molecule has 0 heterocycles. The third-order valence-electron chi connectivity index (χ3n) is 3.59. The van der Waals surface area contributed by atoms with E-state index in [1.165, 1.54) is 21.1 Å². The van der Waals surface area contributed by atoms with E-state index in [9.17, 15) is 9.59 Å². The number of para-hydroxylation sites is 1. The summed E-state index contributed by atoms with van der Waals surface area (Å²) >= 11 is 0. The van der Waals surface area contributed by atoms with Crippen LogP contribution in [0, 0.1) is 11.3 Å². The minimum absolute atomic E-state index is 0.0922. The Kier molecular flexibility index (Phi) is 6.17. The zero-order chi connectivity index (χ0) is 19.1. The standard InChI is InChI=1S/C19H18N2O5/c1-12(18(22)21-14-8-5-4-7-13(14)11-20)26-19(23)17-15(24-2)9-6-10-16(17)25-3/h4-10,12H,1-3H3,(H,21,22)/t12-/m1/s1. The van der Waals surface area contributed by atoms with Crippen molar-refractivity contribution in [1.82, 2.24) is 0 Å². The zero-order valence-corrected chi connectivity index (χ0v) is 14.6. The second-order valence-corrected chi connectivity index (χ2v) is 5.23. The number of benzene rings is 2. The van der Waals surface area contributed by atoms with Gasteiger partial charge in [-0.05, 0) is 31.2 Å². The number of hydrogen-bond acceptors (Lipinski definition) is 6. The van der Waals surface area contributed by atoms with Crippen LogP contribution < -0.4 is 14.8 Å². The molecule has 0 aliphatic carbocycles. The van der Waals surface area contributed by atoms with Crippen molar-refractivity contribution in [1.29, 1.82) is 5.26 Å². The minimum atomic E-state index is -1.09. The summed E-state index contributed by atoms with van der Waals surface area (Å²) < 4.78 is 15.6. The first kappa shape index (κ1) is 18.8. The highest BCUT2D eigenvalue weighted by Gasteiger charge is 2.25. The van der Waals surface area contributed by atoms with Crippen molar-refractivity contribution in [2.24, 2.45) is 0 Å². The molecule has 7 nitrogen and oxygen atoms in total. The Labute approximate surface area is 151 Å². The first-order valence-electron chi connectivity index (χ1n) is 7.73. The number of carbonyl (C=O) groups is 2. The van der Waals surface area contributed by atoms with Crippen LogP contribution in [0.15, 0.2) is 42.5 Å². The number of nitrogens with zero attached hydrogens (tertiary/aromatic N) is 1. The van der Waals surface area contributed by atoms with E-state index in [2.05, 4.69) is 5.32 Å². The molecule has 1 amide bonds. The van der Waals surface area contributed by atoms with Gasteiger partial charge in [0.1, 0.15) is 23.1 Å². The van der Waals surface area contributed by atoms with Crippen molar-refractivity contribution >= 4 is 17.6 Å². The second kappa shape index (κ2) is 8.53. The quantitative estimate of drug-likeness (QED) is 0.801. The van der Waals surface area contributed by atoms with Gasteiger partial charge < -0.3 is 19.5 Å². The molecule has 1 N–H and O–H groups in total. The first-order chi connectivity index (χ1) is 12.5. The van der Waals surface area contributed by atoms with Crippen molar-refractivity contribution in [3.63, 3.8) is 0 Å². The number of rotatable bonds is 6. The normalized spacial score (nSPS) is 11.0. The van der Waals surface area contributed by atoms with Gasteiger partial charge in [-0.25, -0.2) is 4.79 Å². The Balaban J connectivity index is 2.15. The van der Waals surface area contributed by atoms with Crippen LogP contribution in [0.2, 0.25) is 0 Å². The number of ether oxygens (including phenoxy) is 3. The molecule has 2 rings (SSSR count). The third-order valence-corrected chi connectivity index (χ3v) is 3.59. The summed E-state index contributed by atoms with van der Waals surface area (Å²) in [7, 11) is 2.83. The molecule has 0 aromatic heterocycles. The number of anilines is 1. The van der Waals surface area contributed by atoms with Crippen molar-refractivity contribution < 1.29 is 23.8 Å². The zero-order valence-electron chi connectivity index (χ0n) is 14.6. The van der Waals surface area contributed by atoms with Crippen LogP contribution in [-0.4, -0.2) is 32.2 Å². The molecule has 2 aromatic carbocycles. The minimum Gasteiger partial charge on any atom is -0.496 e. The highest BCUT2D eigenvalue weighted by atomic mass is 16.6. The summed E-state index contributed by atoms with van der Waals surface area (Å²) in [6.07, 6.45) is -1.09. The third kappa shape index (κ3) is 4.11. The molecular weight excluding hydrogens is 336 g/mol. The number of esters is 1. The van der Waals surface area contributed by atoms with Gasteiger partial charge in [0.05, 0.1) is 25.5 Å². The van der Waals surface area contributed by atoms with Crippen LogP contribution in [-0.2, 0) is 9.53 Å². The van der Waals surface area contributed by atoms with Crippen LogP contribution >= 0.6 is 0 Å². The van der Waals surface area contributed by atoms with Crippen molar-refractivity contribution in [2.75, 3.05) is 19.5 Å². The number of nitriles is 1. The van der Waals surface area contributed by atoms with Crippen molar-refractivity contribution in [2.45, 2.75) is 13.0 Å². The van der Waals surface area contributed by atoms with Gasteiger partial charge in [-0.15, -0.1) is 0 Å². The lowest BCUT2D eigenvalue weighted by Gasteiger charge is -2.16. The van der Waals surface area contributed by atoms with Gasteiger partial charge in [0.25, 0.3) is 5.91 Å². The fourth-order valence-corrected chi connectivity index (χ4v) is 2.25. The van der Waals surface area contributed by atoms with E-state index in [0.717, 1.165) is 0 Å².